The zero-order valence-corrected chi connectivity index (χ0v) is 13.9. The van der Waals surface area contributed by atoms with Crippen LogP contribution in [-0.4, -0.2) is 61.4 Å². The minimum absolute atomic E-state index is 0.361. The molecule has 0 unspecified atom stereocenters. The van der Waals surface area contributed by atoms with E-state index in [-0.39, 0.29) is 0 Å². The first kappa shape index (κ1) is 19.6. The number of carboxylic acid groups (broad SMARTS) is 1. The monoisotopic (exact) mass is 327 g/mol. The highest BCUT2D eigenvalue weighted by atomic mass is 16.5. The molecule has 0 bridgehead atoms. The molecule has 0 radical (unpaired) electrons. The second-order valence-corrected chi connectivity index (χ2v) is 5.77. The molecule has 132 valence electrons. The Morgan fingerprint density at radius 3 is 2.22 bits per heavy atom. The van der Waals surface area contributed by atoms with Crippen LogP contribution in [0.3, 0.4) is 0 Å². The van der Waals surface area contributed by atoms with E-state index in [1.165, 1.54) is 32.2 Å². The number of carboxylic acids is 1. The minimum Gasteiger partial charge on any atom is -0.478 e. The molecule has 0 aromatic rings. The van der Waals surface area contributed by atoms with Gasteiger partial charge in [-0.1, -0.05) is 32.1 Å². The second-order valence-electron chi connectivity index (χ2n) is 5.77. The summed E-state index contributed by atoms with van der Waals surface area (Å²) >= 11 is 0. The number of carbonyl (C=O) groups excluding carboxylic acids is 1. The lowest BCUT2D eigenvalue weighted by Crippen LogP contribution is -2.36. The quantitative estimate of drug-likeness (QED) is 0.336. The summed E-state index contributed by atoms with van der Waals surface area (Å²) in [6, 6.07) is 0. The smallest absolute Gasteiger partial charge is 0.331 e. The highest BCUT2D eigenvalue weighted by molar-refractivity contribution is 5.90. The van der Waals surface area contributed by atoms with Crippen LogP contribution < -0.4 is 0 Å². The second kappa shape index (κ2) is 13.1. The van der Waals surface area contributed by atoms with Crippen LogP contribution in [0.5, 0.6) is 0 Å². The number of carbonyl (C=O) groups is 2. The Kier molecular flexibility index (Phi) is 11.2. The van der Waals surface area contributed by atoms with E-state index in [2.05, 4.69) is 4.90 Å². The summed E-state index contributed by atoms with van der Waals surface area (Å²) in [4.78, 5) is 23.8. The van der Waals surface area contributed by atoms with Crippen molar-refractivity contribution in [3.05, 3.63) is 12.2 Å². The van der Waals surface area contributed by atoms with Crippen LogP contribution in [-0.2, 0) is 19.1 Å². The zero-order chi connectivity index (χ0) is 16.8. The number of nitrogens with zero attached hydrogens (tertiary/aromatic N) is 1. The molecule has 1 aliphatic rings. The van der Waals surface area contributed by atoms with Crippen LogP contribution in [0.4, 0.5) is 0 Å². The first-order valence-corrected chi connectivity index (χ1v) is 8.56. The molecular weight excluding hydrogens is 298 g/mol. The minimum atomic E-state index is -1.14. The van der Waals surface area contributed by atoms with Crippen LogP contribution in [0.1, 0.15) is 44.9 Å². The molecule has 1 fully saturated rings. The van der Waals surface area contributed by atoms with Crippen molar-refractivity contribution in [3.8, 4) is 0 Å². The molecule has 1 rings (SSSR count). The number of unbranched alkanes of at least 4 members (excludes halogenated alkanes) is 6. The fourth-order valence-corrected chi connectivity index (χ4v) is 2.51. The van der Waals surface area contributed by atoms with Crippen molar-refractivity contribution in [3.63, 3.8) is 0 Å². The molecule has 0 aliphatic carbocycles. The van der Waals surface area contributed by atoms with Crippen molar-refractivity contribution in [1.29, 1.82) is 0 Å². The Hall–Kier alpha value is -1.40. The van der Waals surface area contributed by atoms with E-state index in [1.807, 2.05) is 0 Å². The van der Waals surface area contributed by atoms with Crippen LogP contribution in [0, 0.1) is 0 Å². The van der Waals surface area contributed by atoms with Crippen molar-refractivity contribution < 1.29 is 24.2 Å². The number of esters is 1. The maximum atomic E-state index is 11.1. The Morgan fingerprint density at radius 2 is 1.57 bits per heavy atom. The third kappa shape index (κ3) is 11.8. The molecule has 1 aliphatic heterocycles. The summed E-state index contributed by atoms with van der Waals surface area (Å²) in [5.41, 5.74) is 0. The number of morpholine rings is 1. The average Bonchev–Trinajstić information content (AvgIpc) is 2.55. The van der Waals surface area contributed by atoms with Gasteiger partial charge in [0.05, 0.1) is 19.8 Å². The zero-order valence-electron chi connectivity index (χ0n) is 13.9. The fourth-order valence-electron chi connectivity index (χ4n) is 2.51. The van der Waals surface area contributed by atoms with E-state index >= 15 is 0 Å². The van der Waals surface area contributed by atoms with Crippen LogP contribution >= 0.6 is 0 Å². The maximum Gasteiger partial charge on any atom is 0.331 e. The van der Waals surface area contributed by atoms with Crippen molar-refractivity contribution in [2.24, 2.45) is 0 Å². The molecule has 1 N–H and O–H groups in total. The third-order valence-electron chi connectivity index (χ3n) is 3.83. The summed E-state index contributed by atoms with van der Waals surface area (Å²) in [6.45, 7) is 5.43. The van der Waals surface area contributed by atoms with Gasteiger partial charge < -0.3 is 14.6 Å². The predicted molar refractivity (Wildman–Crippen MR) is 87.3 cm³/mol. The van der Waals surface area contributed by atoms with Crippen LogP contribution in [0.25, 0.3) is 0 Å². The molecule has 0 saturated carbocycles. The SMILES string of the molecule is O=C(O)/C=C/C(=O)OCCCCCCCCCN1CCOCC1. The van der Waals surface area contributed by atoms with Crippen molar-refractivity contribution in [2.75, 3.05) is 39.5 Å². The van der Waals surface area contributed by atoms with E-state index < -0.39 is 11.9 Å². The molecule has 0 aromatic carbocycles. The normalized spacial score (nSPS) is 15.8. The number of hydrogen-bond donors (Lipinski definition) is 1. The lowest BCUT2D eigenvalue weighted by molar-refractivity contribution is -0.138. The standard InChI is InChI=1S/C17H29NO5/c19-16(20)8-9-17(21)23-13-7-5-3-1-2-4-6-10-18-11-14-22-15-12-18/h8-9H,1-7,10-15H2,(H,19,20)/b9-8+. The van der Waals surface area contributed by atoms with E-state index in [4.69, 9.17) is 14.6 Å². The van der Waals surface area contributed by atoms with Gasteiger partial charge in [0, 0.05) is 25.2 Å². The first-order chi connectivity index (χ1) is 11.2. The molecule has 0 amide bonds. The Bertz CT molecular complexity index is 364. The maximum absolute atomic E-state index is 11.1. The summed E-state index contributed by atoms with van der Waals surface area (Å²) in [6.07, 6.45) is 9.76. The number of rotatable bonds is 12. The Labute approximate surface area is 138 Å². The van der Waals surface area contributed by atoms with E-state index in [0.717, 1.165) is 57.7 Å². The number of aliphatic carboxylic acids is 1. The Balaban J connectivity index is 1.81. The first-order valence-electron chi connectivity index (χ1n) is 8.56. The lowest BCUT2D eigenvalue weighted by Gasteiger charge is -2.26. The highest BCUT2D eigenvalue weighted by Crippen LogP contribution is 2.08. The predicted octanol–water partition coefficient (Wildman–Crippen LogP) is 2.23. The van der Waals surface area contributed by atoms with E-state index in [1.54, 1.807) is 0 Å². The van der Waals surface area contributed by atoms with Gasteiger partial charge in [-0.3, -0.25) is 4.90 Å². The van der Waals surface area contributed by atoms with Crippen molar-refractivity contribution >= 4 is 11.9 Å². The molecule has 23 heavy (non-hydrogen) atoms. The molecule has 1 saturated heterocycles. The fraction of sp³-hybridized carbons (Fsp3) is 0.765. The van der Waals surface area contributed by atoms with Gasteiger partial charge in [-0.2, -0.15) is 0 Å². The third-order valence-corrected chi connectivity index (χ3v) is 3.83. The van der Waals surface area contributed by atoms with Gasteiger partial charge in [0.25, 0.3) is 0 Å². The molecule has 6 nitrogen and oxygen atoms in total. The van der Waals surface area contributed by atoms with Gasteiger partial charge in [-0.25, -0.2) is 9.59 Å². The number of hydrogen-bond acceptors (Lipinski definition) is 5. The molecular formula is C17H29NO5. The van der Waals surface area contributed by atoms with Crippen molar-refractivity contribution in [1.82, 2.24) is 4.90 Å². The van der Waals surface area contributed by atoms with E-state index in [9.17, 15) is 9.59 Å². The molecule has 0 spiro atoms. The summed E-state index contributed by atoms with van der Waals surface area (Å²) < 4.78 is 10.2. The molecule has 1 heterocycles. The van der Waals surface area contributed by atoms with Gasteiger partial charge in [-0.05, 0) is 19.4 Å². The van der Waals surface area contributed by atoms with Crippen molar-refractivity contribution in [2.45, 2.75) is 44.9 Å². The van der Waals surface area contributed by atoms with Crippen LogP contribution in [0.15, 0.2) is 12.2 Å². The average molecular weight is 327 g/mol. The molecule has 6 heteroatoms. The topological polar surface area (TPSA) is 76.1 Å². The highest BCUT2D eigenvalue weighted by Gasteiger charge is 2.08. The lowest BCUT2D eigenvalue weighted by atomic mass is 10.1. The summed E-state index contributed by atoms with van der Waals surface area (Å²) in [5.74, 6) is -1.73. The van der Waals surface area contributed by atoms with E-state index in [0.29, 0.717) is 6.61 Å². The Morgan fingerprint density at radius 1 is 0.957 bits per heavy atom. The summed E-state index contributed by atoms with van der Waals surface area (Å²) in [5, 5.41) is 8.36. The number of ether oxygens (including phenoxy) is 2. The van der Waals surface area contributed by atoms with Gasteiger partial charge >= 0.3 is 11.9 Å². The molecule has 0 atom stereocenters. The van der Waals surface area contributed by atoms with Crippen LogP contribution in [0.2, 0.25) is 0 Å². The molecule has 0 aromatic heterocycles. The summed E-state index contributed by atoms with van der Waals surface area (Å²) in [7, 11) is 0. The van der Waals surface area contributed by atoms with Gasteiger partial charge in [-0.15, -0.1) is 0 Å². The van der Waals surface area contributed by atoms with Gasteiger partial charge in [0.2, 0.25) is 0 Å². The van der Waals surface area contributed by atoms with Gasteiger partial charge in [0.15, 0.2) is 0 Å². The van der Waals surface area contributed by atoms with Gasteiger partial charge in [0.1, 0.15) is 0 Å². The largest absolute Gasteiger partial charge is 0.478 e.